The van der Waals surface area contributed by atoms with E-state index in [1.807, 2.05) is 32.0 Å². The summed E-state index contributed by atoms with van der Waals surface area (Å²) in [7, 11) is 2.06. The van der Waals surface area contributed by atoms with Gasteiger partial charge in [0.05, 0.1) is 6.61 Å². The number of rotatable bonds is 6. The maximum atomic E-state index is 9.54. The summed E-state index contributed by atoms with van der Waals surface area (Å²) >= 11 is 0. The van der Waals surface area contributed by atoms with Gasteiger partial charge in [-0.05, 0) is 30.3 Å². The van der Waals surface area contributed by atoms with Crippen molar-refractivity contribution >= 4 is 19.2 Å². The molecule has 4 heteroatoms. The van der Waals surface area contributed by atoms with E-state index in [-0.39, 0.29) is 13.4 Å². The number of ether oxygens (including phenoxy) is 2. The Labute approximate surface area is 127 Å². The van der Waals surface area contributed by atoms with Crippen molar-refractivity contribution in [3.8, 4) is 5.75 Å². The molecule has 0 aliphatic rings. The molecule has 0 radical (unpaired) electrons. The molecular weight excluding hydrogens is 283 g/mol. The average Bonchev–Trinajstić information content (AvgIpc) is 2.48. The van der Waals surface area contributed by atoms with Crippen molar-refractivity contribution < 1.29 is 14.6 Å². The Morgan fingerprint density at radius 3 is 2.62 bits per heavy atom. The molecule has 0 spiro atoms. The van der Waals surface area contributed by atoms with Gasteiger partial charge in [-0.15, -0.1) is 0 Å². The Bertz CT molecular complexity index is 611. The minimum Gasteiger partial charge on any atom is -0.467 e. The third-order valence-electron chi connectivity index (χ3n) is 3.23. The number of benzene rings is 2. The van der Waals surface area contributed by atoms with Gasteiger partial charge < -0.3 is 14.6 Å². The maximum absolute atomic E-state index is 9.54. The van der Waals surface area contributed by atoms with Crippen molar-refractivity contribution in [2.45, 2.75) is 20.5 Å². The zero-order valence-corrected chi connectivity index (χ0v) is 13.6. The van der Waals surface area contributed by atoms with E-state index >= 15 is 0 Å². The summed E-state index contributed by atoms with van der Waals surface area (Å²) in [4.78, 5) is 0. The molecule has 0 amide bonds. The molecule has 0 aliphatic carbocycles. The van der Waals surface area contributed by atoms with Gasteiger partial charge in [0.1, 0.15) is 5.75 Å². The lowest BCUT2D eigenvalue weighted by Gasteiger charge is -2.15. The van der Waals surface area contributed by atoms with Gasteiger partial charge in [-0.2, -0.15) is 0 Å². The largest absolute Gasteiger partial charge is 0.467 e. The van der Waals surface area contributed by atoms with Gasteiger partial charge in [-0.3, -0.25) is 0 Å². The molecule has 0 heterocycles. The van der Waals surface area contributed by atoms with E-state index in [0.717, 1.165) is 33.0 Å². The highest BCUT2D eigenvalue weighted by Crippen LogP contribution is 2.24. The summed E-state index contributed by atoms with van der Waals surface area (Å²) in [5, 5.41) is 11.8. The molecule has 2 rings (SSSR count). The summed E-state index contributed by atoms with van der Waals surface area (Å²) in [5.41, 5.74) is 3.23. The zero-order valence-electron chi connectivity index (χ0n) is 12.6. The Morgan fingerprint density at radius 1 is 1.10 bits per heavy atom. The highest BCUT2D eigenvalue weighted by Gasteiger charge is 2.10. The van der Waals surface area contributed by atoms with Crippen LogP contribution in [0.15, 0.2) is 36.4 Å². The Hall–Kier alpha value is -1.41. The molecule has 0 saturated carbocycles. The van der Waals surface area contributed by atoms with Gasteiger partial charge >= 0.3 is 0 Å². The second kappa shape index (κ2) is 7.56. The van der Waals surface area contributed by atoms with Crippen LogP contribution in [0, 0.1) is 13.8 Å². The fourth-order valence-corrected chi connectivity index (χ4v) is 3.51. The number of methoxy groups -OCH3 is 1. The lowest BCUT2D eigenvalue weighted by Crippen LogP contribution is -2.14. The van der Waals surface area contributed by atoms with E-state index in [4.69, 9.17) is 9.47 Å². The predicted molar refractivity (Wildman–Crippen MR) is 88.4 cm³/mol. The fourth-order valence-electron chi connectivity index (χ4n) is 2.18. The van der Waals surface area contributed by atoms with Crippen LogP contribution in [0.1, 0.15) is 16.7 Å². The van der Waals surface area contributed by atoms with Crippen molar-refractivity contribution in [2.24, 2.45) is 0 Å². The smallest absolute Gasteiger partial charge is 0.188 e. The number of aliphatic hydroxyl groups is 1. The first-order valence-corrected chi connectivity index (χ1v) is 7.84. The fraction of sp³-hybridized carbons (Fsp3) is 0.294. The number of aryl methyl sites for hydroxylation is 2. The van der Waals surface area contributed by atoms with Crippen molar-refractivity contribution in [3.63, 3.8) is 0 Å². The van der Waals surface area contributed by atoms with Gasteiger partial charge in [0.25, 0.3) is 0 Å². The monoisotopic (exact) mass is 304 g/mol. The van der Waals surface area contributed by atoms with Gasteiger partial charge in [0.2, 0.25) is 0 Å². The number of hydrogen-bond donors (Lipinski definition) is 1. The third-order valence-corrected chi connectivity index (χ3v) is 4.65. The molecule has 21 heavy (non-hydrogen) atoms. The van der Waals surface area contributed by atoms with Crippen LogP contribution in [-0.2, 0) is 11.3 Å². The van der Waals surface area contributed by atoms with Crippen LogP contribution in [0.25, 0.3) is 0 Å². The van der Waals surface area contributed by atoms with Crippen molar-refractivity contribution in [2.75, 3.05) is 13.9 Å². The van der Waals surface area contributed by atoms with Gasteiger partial charge in [-0.1, -0.05) is 50.5 Å². The topological polar surface area (TPSA) is 38.7 Å². The van der Waals surface area contributed by atoms with Crippen LogP contribution in [0.4, 0.5) is 0 Å². The van der Waals surface area contributed by atoms with Crippen molar-refractivity contribution in [1.82, 2.24) is 0 Å². The van der Waals surface area contributed by atoms with Crippen LogP contribution in [0.2, 0.25) is 0 Å². The van der Waals surface area contributed by atoms with Crippen LogP contribution < -0.4 is 15.3 Å². The minimum atomic E-state index is 0.0596. The molecule has 2 aromatic rings. The number of para-hydroxylation sites is 1. The number of hydrogen-bond acceptors (Lipinski definition) is 3. The summed E-state index contributed by atoms with van der Waals surface area (Å²) in [6.07, 6.45) is 0. The van der Waals surface area contributed by atoms with Crippen molar-refractivity contribution in [3.05, 3.63) is 53.1 Å². The standard InChI is InChI=1S/C17H21O3P/c1-12-7-8-15(14(9-12)10-18)21-16-6-4-5-13(2)17(16)20-11-19-3/h4-9,18,21H,10-11H2,1-3H3. The minimum absolute atomic E-state index is 0.0596. The maximum Gasteiger partial charge on any atom is 0.188 e. The predicted octanol–water partition coefficient (Wildman–Crippen LogP) is 2.41. The van der Waals surface area contributed by atoms with Crippen LogP contribution in [-0.4, -0.2) is 19.0 Å². The summed E-state index contributed by atoms with van der Waals surface area (Å²) in [5.74, 6) is 0.877. The SMILES string of the molecule is COCOc1c(C)cccc1Pc1ccc(C)cc1CO. The second-order valence-electron chi connectivity index (χ2n) is 4.95. The molecule has 1 unspecified atom stereocenters. The first-order valence-electron chi connectivity index (χ1n) is 6.84. The normalized spacial score (nSPS) is 11.2. The molecule has 112 valence electrons. The molecule has 2 aromatic carbocycles. The first-order chi connectivity index (χ1) is 10.2. The van der Waals surface area contributed by atoms with E-state index in [1.165, 1.54) is 0 Å². The Morgan fingerprint density at radius 2 is 1.90 bits per heavy atom. The molecule has 0 aliphatic heterocycles. The van der Waals surface area contributed by atoms with E-state index in [1.54, 1.807) is 7.11 Å². The van der Waals surface area contributed by atoms with Gasteiger partial charge in [0, 0.05) is 12.4 Å². The van der Waals surface area contributed by atoms with Crippen LogP contribution in [0.5, 0.6) is 5.75 Å². The molecule has 0 aromatic heterocycles. The molecule has 0 bridgehead atoms. The summed E-state index contributed by atoms with van der Waals surface area (Å²) in [6, 6.07) is 12.3. The molecule has 3 nitrogen and oxygen atoms in total. The van der Waals surface area contributed by atoms with E-state index in [0.29, 0.717) is 8.58 Å². The first kappa shape index (κ1) is 16.0. The quantitative estimate of drug-likeness (QED) is 0.658. The molecule has 0 saturated heterocycles. The zero-order chi connectivity index (χ0) is 15.2. The third kappa shape index (κ3) is 4.04. The lowest BCUT2D eigenvalue weighted by atomic mass is 10.1. The Kier molecular flexibility index (Phi) is 5.75. The van der Waals surface area contributed by atoms with Crippen LogP contribution in [0.3, 0.4) is 0 Å². The molecular formula is C17H21O3P. The van der Waals surface area contributed by atoms with E-state index < -0.39 is 0 Å². The summed E-state index contributed by atoms with van der Waals surface area (Å²) < 4.78 is 10.7. The summed E-state index contributed by atoms with van der Waals surface area (Å²) in [6.45, 7) is 4.36. The van der Waals surface area contributed by atoms with E-state index in [9.17, 15) is 5.11 Å². The van der Waals surface area contributed by atoms with Gasteiger partial charge in [-0.25, -0.2) is 0 Å². The second-order valence-corrected chi connectivity index (χ2v) is 6.27. The Balaban J connectivity index is 2.33. The van der Waals surface area contributed by atoms with Gasteiger partial charge in [0.15, 0.2) is 6.79 Å². The lowest BCUT2D eigenvalue weighted by molar-refractivity contribution is 0.0514. The highest BCUT2D eigenvalue weighted by molar-refractivity contribution is 7.55. The average molecular weight is 304 g/mol. The number of aliphatic hydroxyl groups excluding tert-OH is 1. The molecule has 0 fully saturated rings. The van der Waals surface area contributed by atoms with E-state index in [2.05, 4.69) is 18.2 Å². The van der Waals surface area contributed by atoms with Crippen molar-refractivity contribution in [1.29, 1.82) is 0 Å². The molecule has 1 N–H and O–H groups in total. The highest BCUT2D eigenvalue weighted by atomic mass is 31.1. The van der Waals surface area contributed by atoms with Crippen LogP contribution >= 0.6 is 8.58 Å². The molecule has 1 atom stereocenters.